The van der Waals surface area contributed by atoms with Crippen LogP contribution in [0.4, 0.5) is 5.69 Å². The van der Waals surface area contributed by atoms with Crippen molar-refractivity contribution >= 4 is 33.0 Å². The third kappa shape index (κ3) is 5.41. The zero-order valence-electron chi connectivity index (χ0n) is 18.4. The Labute approximate surface area is 197 Å². The zero-order valence-corrected chi connectivity index (χ0v) is 20.0. The van der Waals surface area contributed by atoms with Gasteiger partial charge < -0.3 is 14.8 Å². The molecule has 8 nitrogen and oxygen atoms in total. The van der Waals surface area contributed by atoms with E-state index >= 15 is 0 Å². The lowest BCUT2D eigenvalue weighted by Crippen LogP contribution is -2.40. The summed E-state index contributed by atoms with van der Waals surface area (Å²) in [7, 11) is -2.03. The van der Waals surface area contributed by atoms with Crippen molar-refractivity contribution < 1.29 is 22.7 Å². The number of nitrogens with zero attached hydrogens (tertiary/aromatic N) is 2. The summed E-state index contributed by atoms with van der Waals surface area (Å²) < 4.78 is 37.7. The molecule has 3 aromatic rings. The second-order valence-corrected chi connectivity index (χ2v) is 10.4. The predicted octanol–water partition coefficient (Wildman–Crippen LogP) is 3.33. The van der Waals surface area contributed by atoms with E-state index in [9.17, 15) is 13.2 Å². The van der Waals surface area contributed by atoms with Crippen LogP contribution in [0.3, 0.4) is 0 Å². The number of hydrogen-bond acceptors (Lipinski definition) is 7. The van der Waals surface area contributed by atoms with Crippen molar-refractivity contribution in [3.8, 4) is 16.3 Å². The normalized spacial score (nSPS) is 14.7. The third-order valence-corrected chi connectivity index (χ3v) is 8.16. The van der Waals surface area contributed by atoms with Crippen LogP contribution in [0.25, 0.3) is 10.6 Å². The molecule has 1 aliphatic heterocycles. The summed E-state index contributed by atoms with van der Waals surface area (Å²) in [6, 6.07) is 12.4. The maximum atomic E-state index is 12.9. The largest absolute Gasteiger partial charge is 0.497 e. The van der Waals surface area contributed by atoms with E-state index in [0.29, 0.717) is 37.7 Å². The SMILES string of the molecule is COc1ccc(-c2nc(CC(=O)Nc3cc(S(=O)(=O)N4CCOCC4)ccc3C)cs2)cc1. The minimum absolute atomic E-state index is 0.0898. The standard InChI is InChI=1S/C23H25N3O5S2/c1-16-3-8-20(33(28,29)26-9-11-31-12-10-26)14-21(16)25-22(27)13-18-15-32-23(24-18)17-4-6-19(30-2)7-5-17/h3-8,14-15H,9-13H2,1-2H3,(H,25,27). The summed E-state index contributed by atoms with van der Waals surface area (Å²) in [5.74, 6) is 0.508. The molecule has 33 heavy (non-hydrogen) atoms. The van der Waals surface area contributed by atoms with Gasteiger partial charge in [0.25, 0.3) is 0 Å². The smallest absolute Gasteiger partial charge is 0.243 e. The van der Waals surface area contributed by atoms with Crippen LogP contribution in [0.5, 0.6) is 5.75 Å². The monoisotopic (exact) mass is 487 g/mol. The van der Waals surface area contributed by atoms with Crippen LogP contribution in [0.15, 0.2) is 52.7 Å². The van der Waals surface area contributed by atoms with E-state index in [1.807, 2.05) is 36.6 Å². The molecular formula is C23H25N3O5S2. The first kappa shape index (κ1) is 23.4. The molecular weight excluding hydrogens is 462 g/mol. The quantitative estimate of drug-likeness (QED) is 0.549. The number of ether oxygens (including phenoxy) is 2. The Balaban J connectivity index is 1.45. The first-order valence-corrected chi connectivity index (χ1v) is 12.8. The summed E-state index contributed by atoms with van der Waals surface area (Å²) >= 11 is 1.46. The van der Waals surface area contributed by atoms with Gasteiger partial charge in [-0.15, -0.1) is 11.3 Å². The van der Waals surface area contributed by atoms with Crippen LogP contribution in [0.2, 0.25) is 0 Å². The fourth-order valence-corrected chi connectivity index (χ4v) is 5.71. The minimum atomic E-state index is -3.65. The lowest BCUT2D eigenvalue weighted by atomic mass is 10.2. The highest BCUT2D eigenvalue weighted by Crippen LogP contribution is 2.27. The maximum Gasteiger partial charge on any atom is 0.243 e. The first-order chi connectivity index (χ1) is 15.9. The fraction of sp³-hybridized carbons (Fsp3) is 0.304. The fourth-order valence-electron chi connectivity index (χ4n) is 3.45. The number of thiazole rings is 1. The van der Waals surface area contributed by atoms with Crippen molar-refractivity contribution in [1.82, 2.24) is 9.29 Å². The summed E-state index contributed by atoms with van der Waals surface area (Å²) in [4.78, 5) is 17.4. The lowest BCUT2D eigenvalue weighted by Gasteiger charge is -2.26. The molecule has 1 aliphatic rings. The van der Waals surface area contributed by atoms with E-state index in [1.165, 1.54) is 21.7 Å². The first-order valence-electron chi connectivity index (χ1n) is 10.4. The second kappa shape index (κ2) is 10.0. The molecule has 1 saturated heterocycles. The molecule has 2 aromatic carbocycles. The molecule has 1 amide bonds. The Morgan fingerprint density at radius 1 is 1.18 bits per heavy atom. The van der Waals surface area contributed by atoms with Gasteiger partial charge >= 0.3 is 0 Å². The van der Waals surface area contributed by atoms with Crippen molar-refractivity contribution in [3.05, 3.63) is 59.1 Å². The van der Waals surface area contributed by atoms with Crippen LogP contribution in [0, 0.1) is 6.92 Å². The molecule has 0 spiro atoms. The number of methoxy groups -OCH3 is 1. The Bertz CT molecular complexity index is 1230. The molecule has 0 aliphatic carbocycles. The maximum absolute atomic E-state index is 12.9. The van der Waals surface area contributed by atoms with Crippen LogP contribution in [-0.2, 0) is 26.0 Å². The zero-order chi connectivity index (χ0) is 23.4. The highest BCUT2D eigenvalue weighted by Gasteiger charge is 2.27. The topological polar surface area (TPSA) is 97.8 Å². The van der Waals surface area contributed by atoms with E-state index in [-0.39, 0.29) is 17.2 Å². The van der Waals surface area contributed by atoms with Gasteiger partial charge in [-0.2, -0.15) is 4.31 Å². The van der Waals surface area contributed by atoms with Crippen molar-refractivity contribution in [1.29, 1.82) is 0 Å². The Hall–Kier alpha value is -2.79. The number of sulfonamides is 1. The van der Waals surface area contributed by atoms with E-state index in [2.05, 4.69) is 10.3 Å². The van der Waals surface area contributed by atoms with Gasteiger partial charge in [-0.1, -0.05) is 6.07 Å². The predicted molar refractivity (Wildman–Crippen MR) is 127 cm³/mol. The molecule has 2 heterocycles. The average Bonchev–Trinajstić information content (AvgIpc) is 3.29. The van der Waals surface area contributed by atoms with E-state index in [4.69, 9.17) is 9.47 Å². The van der Waals surface area contributed by atoms with Crippen LogP contribution in [0.1, 0.15) is 11.3 Å². The molecule has 1 fully saturated rings. The van der Waals surface area contributed by atoms with Gasteiger partial charge in [-0.25, -0.2) is 13.4 Å². The van der Waals surface area contributed by atoms with Crippen LogP contribution < -0.4 is 10.1 Å². The summed E-state index contributed by atoms with van der Waals surface area (Å²) in [5.41, 5.74) is 2.85. The number of aromatic nitrogens is 1. The number of hydrogen-bond donors (Lipinski definition) is 1. The molecule has 1 N–H and O–H groups in total. The number of amides is 1. The third-order valence-electron chi connectivity index (χ3n) is 5.32. The molecule has 0 atom stereocenters. The van der Waals surface area contributed by atoms with Crippen LogP contribution >= 0.6 is 11.3 Å². The molecule has 1 aromatic heterocycles. The van der Waals surface area contributed by atoms with E-state index < -0.39 is 10.0 Å². The molecule has 10 heteroatoms. The van der Waals surface area contributed by atoms with Crippen molar-refractivity contribution in [2.24, 2.45) is 0 Å². The molecule has 0 unspecified atom stereocenters. The number of carbonyl (C=O) groups is 1. The number of anilines is 1. The Kier molecular flexibility index (Phi) is 7.08. The number of morpholine rings is 1. The molecule has 0 radical (unpaired) electrons. The average molecular weight is 488 g/mol. The minimum Gasteiger partial charge on any atom is -0.497 e. The number of carbonyl (C=O) groups excluding carboxylic acids is 1. The number of nitrogens with one attached hydrogen (secondary N) is 1. The van der Waals surface area contributed by atoms with Gasteiger partial charge in [0.2, 0.25) is 15.9 Å². The number of rotatable bonds is 7. The summed E-state index contributed by atoms with van der Waals surface area (Å²) in [6.45, 7) is 3.21. The van der Waals surface area contributed by atoms with Crippen molar-refractivity contribution in [2.75, 3.05) is 38.7 Å². The second-order valence-electron chi connectivity index (χ2n) is 7.59. The van der Waals surface area contributed by atoms with Crippen molar-refractivity contribution in [3.63, 3.8) is 0 Å². The van der Waals surface area contributed by atoms with Crippen molar-refractivity contribution in [2.45, 2.75) is 18.2 Å². The Morgan fingerprint density at radius 3 is 2.61 bits per heavy atom. The van der Waals surface area contributed by atoms with Gasteiger partial charge in [0.1, 0.15) is 10.8 Å². The van der Waals surface area contributed by atoms with E-state index in [0.717, 1.165) is 21.9 Å². The van der Waals surface area contributed by atoms with Gasteiger partial charge in [-0.05, 0) is 48.9 Å². The number of benzene rings is 2. The summed E-state index contributed by atoms with van der Waals surface area (Å²) in [6.07, 6.45) is 0.0898. The van der Waals surface area contributed by atoms with Gasteiger partial charge in [0, 0.05) is 29.7 Å². The van der Waals surface area contributed by atoms with Crippen LogP contribution in [-0.4, -0.2) is 57.0 Å². The number of aryl methyl sites for hydroxylation is 1. The van der Waals surface area contributed by atoms with Gasteiger partial charge in [0.05, 0.1) is 37.3 Å². The molecule has 4 rings (SSSR count). The lowest BCUT2D eigenvalue weighted by molar-refractivity contribution is -0.115. The summed E-state index contributed by atoms with van der Waals surface area (Å²) in [5, 5.41) is 5.51. The highest BCUT2D eigenvalue weighted by atomic mass is 32.2. The van der Waals surface area contributed by atoms with Gasteiger partial charge in [0.15, 0.2) is 0 Å². The Morgan fingerprint density at radius 2 is 1.91 bits per heavy atom. The highest BCUT2D eigenvalue weighted by molar-refractivity contribution is 7.89. The molecule has 174 valence electrons. The van der Waals surface area contributed by atoms with E-state index in [1.54, 1.807) is 19.2 Å². The molecule has 0 saturated carbocycles. The molecule has 0 bridgehead atoms. The van der Waals surface area contributed by atoms with Gasteiger partial charge in [-0.3, -0.25) is 4.79 Å².